The molecule has 1 aliphatic heterocycles. The number of likely N-dealkylation sites (tertiary alicyclic amines) is 1. The summed E-state index contributed by atoms with van der Waals surface area (Å²) in [5, 5.41) is 20.9. The molecule has 4 rings (SSSR count). The lowest BCUT2D eigenvalue weighted by molar-refractivity contribution is 0.200. The summed E-state index contributed by atoms with van der Waals surface area (Å²) in [6.45, 7) is 3.42. The van der Waals surface area contributed by atoms with Crippen LogP contribution in [-0.4, -0.2) is 48.5 Å². The van der Waals surface area contributed by atoms with Crippen LogP contribution in [0.2, 0.25) is 0 Å². The Balaban J connectivity index is 1.66. The maximum atomic E-state index is 12.7. The number of methoxy groups -OCH3 is 1. The first-order valence-electron chi connectivity index (χ1n) is 10.6. The second kappa shape index (κ2) is 9.31. The van der Waals surface area contributed by atoms with Crippen molar-refractivity contribution in [2.75, 3.05) is 33.4 Å². The molecular weight excluding hydrogens is 398 g/mol. The minimum Gasteiger partial charge on any atom is -0.504 e. The largest absolute Gasteiger partial charge is 0.504 e. The molecule has 3 aromatic rings. The molecule has 164 valence electrons. The molecular formula is C24H27NO6. The zero-order valence-electron chi connectivity index (χ0n) is 17.6. The normalized spacial score (nSPS) is 14.6. The third-order valence-electron chi connectivity index (χ3n) is 5.61. The number of rotatable bonds is 7. The Morgan fingerprint density at radius 1 is 1.03 bits per heavy atom. The SMILES string of the molecule is COc1c(OCCCN2CCCCC2)c(O)c(O)c2c(=O)cc(-c3ccccc3)oc12. The second-order valence-electron chi connectivity index (χ2n) is 7.71. The van der Waals surface area contributed by atoms with Crippen molar-refractivity contribution in [1.82, 2.24) is 4.90 Å². The summed E-state index contributed by atoms with van der Waals surface area (Å²) in [5.41, 5.74) is 0.262. The fraction of sp³-hybridized carbons (Fsp3) is 0.375. The van der Waals surface area contributed by atoms with Crippen molar-refractivity contribution in [2.24, 2.45) is 0 Å². The number of ether oxygens (including phenoxy) is 2. The average Bonchev–Trinajstić information content (AvgIpc) is 2.80. The van der Waals surface area contributed by atoms with Gasteiger partial charge in [-0.25, -0.2) is 0 Å². The summed E-state index contributed by atoms with van der Waals surface area (Å²) in [7, 11) is 1.40. The third-order valence-corrected chi connectivity index (χ3v) is 5.61. The second-order valence-corrected chi connectivity index (χ2v) is 7.71. The van der Waals surface area contributed by atoms with E-state index in [1.807, 2.05) is 30.3 Å². The Kier molecular flexibility index (Phi) is 6.32. The minimum absolute atomic E-state index is 0.0282. The number of phenolic OH excluding ortho intramolecular Hbond substituents is 2. The van der Waals surface area contributed by atoms with E-state index < -0.39 is 16.9 Å². The summed E-state index contributed by atoms with van der Waals surface area (Å²) in [6.07, 6.45) is 4.48. The molecule has 31 heavy (non-hydrogen) atoms. The van der Waals surface area contributed by atoms with Crippen LogP contribution in [0.5, 0.6) is 23.0 Å². The zero-order valence-corrected chi connectivity index (χ0v) is 17.6. The van der Waals surface area contributed by atoms with Gasteiger partial charge in [0.2, 0.25) is 17.2 Å². The Labute approximate surface area is 180 Å². The molecule has 2 heterocycles. The lowest BCUT2D eigenvalue weighted by Crippen LogP contribution is -2.31. The molecule has 2 N–H and O–H groups in total. The molecule has 0 aliphatic carbocycles. The predicted octanol–water partition coefficient (Wildman–Crippen LogP) is 4.13. The Hall–Kier alpha value is -3.19. The van der Waals surface area contributed by atoms with E-state index >= 15 is 0 Å². The molecule has 0 atom stereocenters. The van der Waals surface area contributed by atoms with Crippen LogP contribution in [0.4, 0.5) is 0 Å². The monoisotopic (exact) mass is 425 g/mol. The van der Waals surface area contributed by atoms with Crippen LogP contribution >= 0.6 is 0 Å². The molecule has 0 radical (unpaired) electrons. The summed E-state index contributed by atoms with van der Waals surface area (Å²) < 4.78 is 17.2. The smallest absolute Gasteiger partial charge is 0.211 e. The van der Waals surface area contributed by atoms with Gasteiger partial charge in [-0.2, -0.15) is 0 Å². The molecule has 7 heteroatoms. The highest BCUT2D eigenvalue weighted by Crippen LogP contribution is 2.49. The van der Waals surface area contributed by atoms with Crippen molar-refractivity contribution in [1.29, 1.82) is 0 Å². The highest BCUT2D eigenvalue weighted by atomic mass is 16.5. The van der Waals surface area contributed by atoms with Crippen LogP contribution in [0.1, 0.15) is 25.7 Å². The zero-order chi connectivity index (χ0) is 21.8. The van der Waals surface area contributed by atoms with Gasteiger partial charge in [0.25, 0.3) is 0 Å². The molecule has 1 aromatic heterocycles. The minimum atomic E-state index is -0.574. The first kappa shape index (κ1) is 21.1. The lowest BCUT2D eigenvalue weighted by atomic mass is 10.1. The Morgan fingerprint density at radius 3 is 2.48 bits per heavy atom. The summed E-state index contributed by atoms with van der Waals surface area (Å²) in [4.78, 5) is 15.1. The van der Waals surface area contributed by atoms with Crippen LogP contribution in [0.3, 0.4) is 0 Å². The van der Waals surface area contributed by atoms with Gasteiger partial charge in [-0.05, 0) is 32.4 Å². The first-order valence-corrected chi connectivity index (χ1v) is 10.6. The molecule has 0 amide bonds. The number of hydrogen-bond donors (Lipinski definition) is 2. The van der Waals surface area contributed by atoms with E-state index in [2.05, 4.69) is 4.90 Å². The van der Waals surface area contributed by atoms with Crippen LogP contribution in [0.15, 0.2) is 45.6 Å². The number of phenols is 2. The molecule has 1 saturated heterocycles. The molecule has 0 saturated carbocycles. The van der Waals surface area contributed by atoms with Crippen molar-refractivity contribution >= 4 is 11.0 Å². The fourth-order valence-corrected chi connectivity index (χ4v) is 4.02. The van der Waals surface area contributed by atoms with E-state index in [4.69, 9.17) is 13.9 Å². The Bertz CT molecular complexity index is 1100. The summed E-state index contributed by atoms with van der Waals surface area (Å²) >= 11 is 0. The number of piperidine rings is 1. The van der Waals surface area contributed by atoms with Crippen molar-refractivity contribution in [2.45, 2.75) is 25.7 Å². The van der Waals surface area contributed by atoms with Gasteiger partial charge >= 0.3 is 0 Å². The topological polar surface area (TPSA) is 92.4 Å². The number of benzene rings is 2. The average molecular weight is 425 g/mol. The van der Waals surface area contributed by atoms with Crippen molar-refractivity contribution in [3.63, 3.8) is 0 Å². The van der Waals surface area contributed by atoms with E-state index in [1.165, 1.54) is 32.4 Å². The van der Waals surface area contributed by atoms with Gasteiger partial charge < -0.3 is 29.0 Å². The lowest BCUT2D eigenvalue weighted by Gasteiger charge is -2.26. The number of aromatic hydroxyl groups is 2. The summed E-state index contributed by atoms with van der Waals surface area (Å²) in [5.74, 6) is -0.715. The van der Waals surface area contributed by atoms with Gasteiger partial charge in [-0.3, -0.25) is 4.79 Å². The predicted molar refractivity (Wildman–Crippen MR) is 118 cm³/mol. The highest BCUT2D eigenvalue weighted by Gasteiger charge is 2.26. The first-order chi connectivity index (χ1) is 15.1. The molecule has 0 bridgehead atoms. The summed E-state index contributed by atoms with van der Waals surface area (Å²) in [6, 6.07) is 10.5. The number of fused-ring (bicyclic) bond motifs is 1. The molecule has 0 unspecified atom stereocenters. The Morgan fingerprint density at radius 2 is 1.77 bits per heavy atom. The van der Waals surface area contributed by atoms with Crippen molar-refractivity contribution in [3.05, 3.63) is 46.6 Å². The molecule has 1 fully saturated rings. The van der Waals surface area contributed by atoms with Gasteiger partial charge in [0, 0.05) is 18.2 Å². The number of nitrogens with zero attached hydrogens (tertiary/aromatic N) is 1. The van der Waals surface area contributed by atoms with E-state index in [0.717, 1.165) is 26.1 Å². The highest BCUT2D eigenvalue weighted by molar-refractivity contribution is 5.95. The van der Waals surface area contributed by atoms with Crippen LogP contribution in [-0.2, 0) is 0 Å². The molecule has 2 aromatic carbocycles. The van der Waals surface area contributed by atoms with Crippen LogP contribution < -0.4 is 14.9 Å². The van der Waals surface area contributed by atoms with Crippen LogP contribution in [0.25, 0.3) is 22.3 Å². The standard InChI is InChI=1S/C24H27NO6/c1-29-24-22-19(17(26)15-18(31-22)16-9-4-2-5-10-16)20(27)21(28)23(24)30-14-8-13-25-11-6-3-7-12-25/h2,4-5,9-10,15,27-28H,3,6-8,11-14H2,1H3. The maximum absolute atomic E-state index is 12.7. The van der Waals surface area contributed by atoms with Crippen LogP contribution in [0, 0.1) is 0 Å². The van der Waals surface area contributed by atoms with Gasteiger partial charge in [0.1, 0.15) is 11.1 Å². The van der Waals surface area contributed by atoms with Gasteiger partial charge in [-0.15, -0.1) is 0 Å². The van der Waals surface area contributed by atoms with E-state index in [0.29, 0.717) is 17.9 Å². The van der Waals surface area contributed by atoms with Gasteiger partial charge in [-0.1, -0.05) is 36.8 Å². The van der Waals surface area contributed by atoms with E-state index in [9.17, 15) is 15.0 Å². The van der Waals surface area contributed by atoms with Crippen molar-refractivity contribution in [3.8, 4) is 34.3 Å². The molecule has 0 spiro atoms. The third kappa shape index (κ3) is 4.32. The van der Waals surface area contributed by atoms with E-state index in [-0.39, 0.29) is 22.5 Å². The number of hydrogen-bond acceptors (Lipinski definition) is 7. The quantitative estimate of drug-likeness (QED) is 0.434. The molecule has 1 aliphatic rings. The van der Waals surface area contributed by atoms with Crippen molar-refractivity contribution < 1.29 is 24.1 Å². The maximum Gasteiger partial charge on any atom is 0.211 e. The van der Waals surface area contributed by atoms with Gasteiger partial charge in [0.15, 0.2) is 16.8 Å². The fourth-order valence-electron chi connectivity index (χ4n) is 4.02. The van der Waals surface area contributed by atoms with E-state index in [1.54, 1.807) is 0 Å². The molecule has 7 nitrogen and oxygen atoms in total. The van der Waals surface area contributed by atoms with Gasteiger partial charge in [0.05, 0.1) is 13.7 Å².